The zero-order valence-electron chi connectivity index (χ0n) is 24.3. The quantitative estimate of drug-likeness (QED) is 0.240. The summed E-state index contributed by atoms with van der Waals surface area (Å²) >= 11 is 0. The molecular weight excluding hydrogens is 556 g/mol. The van der Waals surface area contributed by atoms with Crippen LogP contribution in [0.15, 0.2) is 57.6 Å². The molecule has 0 atom stereocenters. The number of nitrogens with one attached hydrogen (secondary N) is 2. The lowest BCUT2D eigenvalue weighted by atomic mass is 9.91. The van der Waals surface area contributed by atoms with Gasteiger partial charge in [-0.25, -0.2) is 0 Å². The van der Waals surface area contributed by atoms with Crippen LogP contribution in [0.25, 0.3) is 33.6 Å². The van der Waals surface area contributed by atoms with Crippen LogP contribution in [0.3, 0.4) is 0 Å². The summed E-state index contributed by atoms with van der Waals surface area (Å²) in [5, 5.41) is 34.0. The molecule has 0 aliphatic heterocycles. The summed E-state index contributed by atoms with van der Waals surface area (Å²) in [7, 11) is 0. The summed E-state index contributed by atoms with van der Waals surface area (Å²) in [5.74, 6) is 1.22. The Morgan fingerprint density at radius 2 is 1.30 bits per heavy atom. The monoisotopic (exact) mass is 588 g/mol. The van der Waals surface area contributed by atoms with Crippen molar-refractivity contribution in [2.75, 3.05) is 0 Å². The van der Waals surface area contributed by atoms with E-state index >= 15 is 0 Å². The van der Waals surface area contributed by atoms with E-state index < -0.39 is 0 Å². The molecule has 44 heavy (non-hydrogen) atoms. The highest BCUT2D eigenvalue weighted by Crippen LogP contribution is 2.37. The van der Waals surface area contributed by atoms with Crippen molar-refractivity contribution in [3.05, 3.63) is 71.2 Å². The van der Waals surface area contributed by atoms with Gasteiger partial charge in [0.1, 0.15) is 11.4 Å². The number of nitriles is 2. The summed E-state index contributed by atoms with van der Waals surface area (Å²) in [6.45, 7) is 0.470. The molecule has 0 radical (unpaired) electrons. The number of nitrogens with zero attached hydrogens (tertiary/aromatic N) is 4. The Kier molecular flexibility index (Phi) is 8.51. The van der Waals surface area contributed by atoms with Crippen LogP contribution in [-0.4, -0.2) is 22.1 Å². The number of hydrogen-bond donors (Lipinski definition) is 2. The SMILES string of the molecule is N#Cc1ccc(-c2cc(CNC(=O)C3CCCC3)on2)c(-c2cc(-c3cc(CNC(=O)C4CCCC4)on3)ccc2C#N)c1. The Morgan fingerprint density at radius 3 is 1.89 bits per heavy atom. The summed E-state index contributed by atoms with van der Waals surface area (Å²) < 4.78 is 11.1. The molecule has 2 N–H and O–H groups in total. The molecule has 2 aromatic heterocycles. The first-order valence-corrected chi connectivity index (χ1v) is 15.1. The highest BCUT2D eigenvalue weighted by molar-refractivity contribution is 5.87. The Morgan fingerprint density at radius 1 is 0.705 bits per heavy atom. The second kappa shape index (κ2) is 13.0. The van der Waals surface area contributed by atoms with Gasteiger partial charge in [-0.15, -0.1) is 0 Å². The van der Waals surface area contributed by atoms with Crippen molar-refractivity contribution in [3.8, 4) is 45.8 Å². The number of hydrogen-bond acceptors (Lipinski definition) is 8. The third kappa shape index (κ3) is 6.25. The third-order valence-electron chi connectivity index (χ3n) is 8.59. The molecule has 2 aromatic carbocycles. The van der Waals surface area contributed by atoms with Crippen molar-refractivity contribution in [1.82, 2.24) is 20.9 Å². The summed E-state index contributed by atoms with van der Waals surface area (Å²) in [5.41, 5.74) is 4.51. The third-order valence-corrected chi connectivity index (χ3v) is 8.59. The highest BCUT2D eigenvalue weighted by Gasteiger charge is 2.24. The van der Waals surface area contributed by atoms with E-state index in [0.29, 0.717) is 56.3 Å². The summed E-state index contributed by atoms with van der Waals surface area (Å²) in [6.07, 6.45) is 7.99. The lowest BCUT2D eigenvalue weighted by Crippen LogP contribution is -2.28. The molecular formula is C34H32N6O4. The molecule has 0 unspecified atom stereocenters. The minimum absolute atomic E-state index is 0.0298. The van der Waals surface area contributed by atoms with Gasteiger partial charge in [0, 0.05) is 40.7 Å². The standard InChI is InChI=1S/C34H32N6O4/c35-17-21-9-12-28(32-16-27(44-40-32)20-38-34(42)23-7-3-4-8-23)30(13-21)29-14-24(10-11-25(29)18-36)31-15-26(43-39-31)19-37-33(41)22-5-1-2-6-22/h9-16,22-23H,1-8,19-20H2,(H,37,41)(H,38,42). The van der Waals surface area contributed by atoms with E-state index in [4.69, 9.17) is 9.05 Å². The molecule has 10 nitrogen and oxygen atoms in total. The molecule has 6 rings (SSSR count). The Balaban J connectivity index is 1.25. The average molecular weight is 589 g/mol. The highest BCUT2D eigenvalue weighted by atomic mass is 16.5. The van der Waals surface area contributed by atoms with Crippen LogP contribution in [0.2, 0.25) is 0 Å². The first-order valence-electron chi connectivity index (χ1n) is 15.1. The van der Waals surface area contributed by atoms with Gasteiger partial charge in [0.25, 0.3) is 0 Å². The van der Waals surface area contributed by atoms with E-state index in [0.717, 1.165) is 51.4 Å². The zero-order valence-corrected chi connectivity index (χ0v) is 24.3. The van der Waals surface area contributed by atoms with Crippen molar-refractivity contribution in [2.24, 2.45) is 11.8 Å². The number of aromatic nitrogens is 2. The number of carbonyl (C=O) groups is 2. The van der Waals surface area contributed by atoms with Crippen molar-refractivity contribution in [2.45, 2.75) is 64.5 Å². The molecule has 2 saturated carbocycles. The van der Waals surface area contributed by atoms with Gasteiger partial charge in [-0.1, -0.05) is 48.1 Å². The van der Waals surface area contributed by atoms with Crippen LogP contribution in [-0.2, 0) is 22.7 Å². The molecule has 2 heterocycles. The van der Waals surface area contributed by atoms with Gasteiger partial charge in [-0.05, 0) is 55.5 Å². The predicted octanol–water partition coefficient (Wildman–Crippen LogP) is 6.02. The Bertz CT molecular complexity index is 1760. The van der Waals surface area contributed by atoms with Crippen LogP contribution in [0.1, 0.15) is 74.0 Å². The van der Waals surface area contributed by atoms with E-state index in [2.05, 4.69) is 33.1 Å². The van der Waals surface area contributed by atoms with E-state index in [9.17, 15) is 20.1 Å². The summed E-state index contributed by atoms with van der Waals surface area (Å²) in [4.78, 5) is 24.9. The maximum Gasteiger partial charge on any atom is 0.223 e. The second-order valence-corrected chi connectivity index (χ2v) is 11.5. The summed E-state index contributed by atoms with van der Waals surface area (Å²) in [6, 6.07) is 18.5. The van der Waals surface area contributed by atoms with E-state index in [-0.39, 0.29) is 36.7 Å². The second-order valence-electron chi connectivity index (χ2n) is 11.5. The van der Waals surface area contributed by atoms with Gasteiger partial charge in [-0.3, -0.25) is 9.59 Å². The molecule has 2 aliphatic rings. The van der Waals surface area contributed by atoms with Crippen LogP contribution in [0.5, 0.6) is 0 Å². The van der Waals surface area contributed by atoms with Crippen molar-refractivity contribution in [1.29, 1.82) is 10.5 Å². The van der Waals surface area contributed by atoms with E-state index in [1.807, 2.05) is 6.07 Å². The van der Waals surface area contributed by atoms with Crippen LogP contribution in [0, 0.1) is 34.5 Å². The van der Waals surface area contributed by atoms with E-state index in [1.54, 1.807) is 42.5 Å². The smallest absolute Gasteiger partial charge is 0.223 e. The number of rotatable bonds is 9. The van der Waals surface area contributed by atoms with Crippen molar-refractivity contribution < 1.29 is 18.6 Å². The minimum Gasteiger partial charge on any atom is -0.359 e. The first-order chi connectivity index (χ1) is 21.5. The molecule has 2 amide bonds. The van der Waals surface area contributed by atoms with Crippen LogP contribution in [0.4, 0.5) is 0 Å². The van der Waals surface area contributed by atoms with Crippen molar-refractivity contribution >= 4 is 11.8 Å². The van der Waals surface area contributed by atoms with Gasteiger partial charge in [0.15, 0.2) is 11.5 Å². The van der Waals surface area contributed by atoms with Gasteiger partial charge < -0.3 is 19.7 Å². The molecule has 222 valence electrons. The molecule has 2 aliphatic carbocycles. The average Bonchev–Trinajstić information content (AvgIpc) is 3.89. The largest absolute Gasteiger partial charge is 0.359 e. The maximum absolute atomic E-state index is 12.5. The van der Waals surface area contributed by atoms with Gasteiger partial charge >= 0.3 is 0 Å². The fraction of sp³-hybridized carbons (Fsp3) is 0.353. The van der Waals surface area contributed by atoms with Gasteiger partial charge in [-0.2, -0.15) is 10.5 Å². The van der Waals surface area contributed by atoms with Crippen LogP contribution >= 0.6 is 0 Å². The molecule has 0 bridgehead atoms. The molecule has 0 saturated heterocycles. The van der Waals surface area contributed by atoms with Crippen molar-refractivity contribution in [3.63, 3.8) is 0 Å². The fourth-order valence-electron chi connectivity index (χ4n) is 6.15. The lowest BCUT2D eigenvalue weighted by molar-refractivity contribution is -0.125. The Labute approximate surface area is 255 Å². The van der Waals surface area contributed by atoms with Crippen LogP contribution < -0.4 is 10.6 Å². The molecule has 10 heteroatoms. The van der Waals surface area contributed by atoms with Gasteiger partial charge in [0.05, 0.1) is 36.4 Å². The zero-order chi connectivity index (χ0) is 30.5. The number of benzene rings is 2. The maximum atomic E-state index is 12.5. The lowest BCUT2D eigenvalue weighted by Gasteiger charge is -2.11. The van der Waals surface area contributed by atoms with E-state index in [1.165, 1.54) is 0 Å². The number of carbonyl (C=O) groups excluding carboxylic acids is 2. The minimum atomic E-state index is 0.0298. The Hall–Kier alpha value is -5.22. The topological polar surface area (TPSA) is 158 Å². The number of amides is 2. The molecule has 2 fully saturated rings. The first kappa shape index (κ1) is 28.9. The molecule has 0 spiro atoms. The molecule has 4 aromatic rings. The fourth-order valence-corrected chi connectivity index (χ4v) is 6.15. The normalized spacial score (nSPS) is 15.1. The predicted molar refractivity (Wildman–Crippen MR) is 160 cm³/mol. The van der Waals surface area contributed by atoms with Gasteiger partial charge in [0.2, 0.25) is 11.8 Å².